The van der Waals surface area contributed by atoms with E-state index in [1.165, 1.54) is 35.8 Å². The van der Waals surface area contributed by atoms with Crippen molar-refractivity contribution in [3.8, 4) is 0 Å². The number of carbonyl (C=O) groups is 6. The summed E-state index contributed by atoms with van der Waals surface area (Å²) in [7, 11) is 4.38. The van der Waals surface area contributed by atoms with Gasteiger partial charge in [0.1, 0.15) is 18.1 Å². The number of hydrogen-bond acceptors (Lipinski definition) is 9. The standard InChI is InChI=1S/C36H63N3O9/c1-16-23(11)26-35(44)47-28(20(5)6)31(40)37(13)25(18-19(3)4)34(43)46-29(21(7)8)32(41)38(14)27(24(12)17-2)36(45)48-30(22(9)10)33(42)39(26)15/h19-30H,16-18H2,1-15H3/t23-,24+,25+,26+,27+,28-,29-,30-/m1/s1. The number of ether oxygens (including phenoxy) is 3. The number of carbonyl (C=O) groups excluding carboxylic acids is 6. The monoisotopic (exact) mass is 681 g/mol. The van der Waals surface area contributed by atoms with Crippen LogP contribution in [0.2, 0.25) is 0 Å². The largest absolute Gasteiger partial charge is 0.450 e. The maximum atomic E-state index is 14.1. The summed E-state index contributed by atoms with van der Waals surface area (Å²) in [5, 5.41) is 0. The SMILES string of the molecule is CC[C@@H](C)[C@H]1C(=O)O[C@H](C(C)C)C(=O)N(C)[C@@H](CC(C)C)C(=O)O[C@H](C(C)C)C(=O)N(C)[C@@H]([C@@H](C)CC)C(=O)O[C@H](C(C)C)C(=O)N1C. The second-order valence-electron chi connectivity index (χ2n) is 15.0. The summed E-state index contributed by atoms with van der Waals surface area (Å²) in [6.07, 6.45) is -2.59. The van der Waals surface area contributed by atoms with Gasteiger partial charge in [0.25, 0.3) is 17.7 Å². The Morgan fingerprint density at radius 1 is 0.500 bits per heavy atom. The van der Waals surface area contributed by atoms with Crippen LogP contribution in [0.4, 0.5) is 0 Å². The Morgan fingerprint density at radius 3 is 1.06 bits per heavy atom. The summed E-state index contributed by atoms with van der Waals surface area (Å²) in [6.45, 7) is 21.5. The van der Waals surface area contributed by atoms with E-state index in [1.807, 2.05) is 27.7 Å². The zero-order valence-electron chi connectivity index (χ0n) is 32.1. The van der Waals surface area contributed by atoms with Crippen molar-refractivity contribution in [2.45, 2.75) is 139 Å². The maximum Gasteiger partial charge on any atom is 0.329 e. The molecule has 1 fully saturated rings. The van der Waals surface area contributed by atoms with Crippen molar-refractivity contribution in [3.63, 3.8) is 0 Å². The fourth-order valence-corrected chi connectivity index (χ4v) is 5.89. The molecule has 0 aliphatic carbocycles. The smallest absolute Gasteiger partial charge is 0.329 e. The van der Waals surface area contributed by atoms with Gasteiger partial charge in [-0.2, -0.15) is 0 Å². The lowest BCUT2D eigenvalue weighted by Crippen LogP contribution is -2.57. The van der Waals surface area contributed by atoms with Crippen LogP contribution in [0.15, 0.2) is 0 Å². The molecule has 0 radical (unpaired) electrons. The van der Waals surface area contributed by atoms with E-state index in [0.717, 1.165) is 0 Å². The van der Waals surface area contributed by atoms with Gasteiger partial charge >= 0.3 is 17.9 Å². The molecule has 1 saturated heterocycles. The molecule has 276 valence electrons. The highest BCUT2D eigenvalue weighted by molar-refractivity contribution is 5.94. The van der Waals surface area contributed by atoms with Crippen molar-refractivity contribution in [2.75, 3.05) is 21.1 Å². The summed E-state index contributed by atoms with van der Waals surface area (Å²) in [6, 6.07) is -3.29. The van der Waals surface area contributed by atoms with Crippen LogP contribution in [0.1, 0.15) is 102 Å². The molecule has 0 bridgehead atoms. The number of likely N-dealkylation sites (N-methyl/N-ethyl adjacent to an activating group) is 3. The van der Waals surface area contributed by atoms with Gasteiger partial charge < -0.3 is 28.9 Å². The molecule has 1 aliphatic heterocycles. The van der Waals surface area contributed by atoms with Crippen LogP contribution in [-0.2, 0) is 43.0 Å². The topological polar surface area (TPSA) is 140 Å². The number of rotatable bonds is 9. The minimum Gasteiger partial charge on any atom is -0.450 e. The summed E-state index contributed by atoms with van der Waals surface area (Å²) in [5.41, 5.74) is 0. The molecule has 1 heterocycles. The Labute approximate surface area is 288 Å². The molecule has 1 rings (SSSR count). The molecule has 12 heteroatoms. The van der Waals surface area contributed by atoms with Gasteiger partial charge in [-0.15, -0.1) is 0 Å². The number of nitrogens with zero attached hydrogens (tertiary/aromatic N) is 3. The second kappa shape index (κ2) is 18.5. The van der Waals surface area contributed by atoms with E-state index >= 15 is 0 Å². The fraction of sp³-hybridized carbons (Fsp3) is 0.833. The third-order valence-electron chi connectivity index (χ3n) is 9.44. The number of hydrogen-bond donors (Lipinski definition) is 0. The van der Waals surface area contributed by atoms with Gasteiger partial charge in [0.2, 0.25) is 0 Å². The van der Waals surface area contributed by atoms with E-state index in [0.29, 0.717) is 12.8 Å². The molecular formula is C36H63N3O9. The maximum absolute atomic E-state index is 14.1. The van der Waals surface area contributed by atoms with Gasteiger partial charge in [0.15, 0.2) is 18.3 Å². The van der Waals surface area contributed by atoms with Crippen molar-refractivity contribution in [3.05, 3.63) is 0 Å². The van der Waals surface area contributed by atoms with E-state index in [9.17, 15) is 28.8 Å². The average molecular weight is 682 g/mol. The van der Waals surface area contributed by atoms with Crippen LogP contribution in [0.25, 0.3) is 0 Å². The highest BCUT2D eigenvalue weighted by Crippen LogP contribution is 2.26. The van der Waals surface area contributed by atoms with Crippen molar-refractivity contribution >= 4 is 35.6 Å². The van der Waals surface area contributed by atoms with E-state index in [1.54, 1.807) is 55.4 Å². The zero-order chi connectivity index (χ0) is 37.4. The van der Waals surface area contributed by atoms with Gasteiger partial charge in [0.05, 0.1) is 0 Å². The van der Waals surface area contributed by atoms with Crippen LogP contribution in [0.3, 0.4) is 0 Å². The van der Waals surface area contributed by atoms with Crippen molar-refractivity contribution in [2.24, 2.45) is 35.5 Å². The Balaban J connectivity index is 4.02. The van der Waals surface area contributed by atoms with Crippen molar-refractivity contribution in [1.29, 1.82) is 0 Å². The Bertz CT molecular complexity index is 1120. The zero-order valence-corrected chi connectivity index (χ0v) is 32.1. The normalized spacial score (nSPS) is 27.7. The molecule has 1 aliphatic rings. The molecule has 0 spiro atoms. The predicted molar refractivity (Wildman–Crippen MR) is 182 cm³/mol. The van der Waals surface area contributed by atoms with Crippen LogP contribution >= 0.6 is 0 Å². The molecule has 3 amide bonds. The van der Waals surface area contributed by atoms with E-state index < -0.39 is 89.8 Å². The first-order chi connectivity index (χ1) is 22.1. The molecule has 48 heavy (non-hydrogen) atoms. The fourth-order valence-electron chi connectivity index (χ4n) is 5.89. The Kier molecular flexibility index (Phi) is 16.6. The van der Waals surface area contributed by atoms with Crippen molar-refractivity contribution in [1.82, 2.24) is 14.7 Å². The van der Waals surface area contributed by atoms with Gasteiger partial charge in [-0.25, -0.2) is 14.4 Å². The minimum absolute atomic E-state index is 0.0421. The molecule has 8 atom stereocenters. The molecule has 12 nitrogen and oxygen atoms in total. The first-order valence-electron chi connectivity index (χ1n) is 17.6. The van der Waals surface area contributed by atoms with Crippen LogP contribution in [0.5, 0.6) is 0 Å². The second-order valence-corrected chi connectivity index (χ2v) is 15.0. The summed E-state index contributed by atoms with van der Waals surface area (Å²) in [5.74, 6) is -6.39. The lowest BCUT2D eigenvalue weighted by Gasteiger charge is -2.38. The first kappa shape index (κ1) is 42.8. The lowest BCUT2D eigenvalue weighted by atomic mass is 9.95. The Hall–Kier alpha value is -3.18. The third kappa shape index (κ3) is 10.4. The van der Waals surface area contributed by atoms with Crippen LogP contribution < -0.4 is 0 Å². The lowest BCUT2D eigenvalue weighted by molar-refractivity contribution is -0.181. The molecule has 0 aromatic carbocycles. The number of cyclic esters (lactones) is 3. The number of amides is 3. The molecular weight excluding hydrogens is 618 g/mol. The molecule has 0 unspecified atom stereocenters. The van der Waals surface area contributed by atoms with E-state index in [4.69, 9.17) is 14.2 Å². The molecule has 0 saturated carbocycles. The van der Waals surface area contributed by atoms with E-state index in [-0.39, 0.29) is 24.2 Å². The van der Waals surface area contributed by atoms with Crippen LogP contribution in [0, 0.1) is 35.5 Å². The van der Waals surface area contributed by atoms with Gasteiger partial charge in [0, 0.05) is 21.1 Å². The van der Waals surface area contributed by atoms with Crippen LogP contribution in [-0.4, -0.2) is 108 Å². The molecule has 0 aromatic rings. The summed E-state index contributed by atoms with van der Waals surface area (Å²) >= 11 is 0. The average Bonchev–Trinajstić information content (AvgIpc) is 3.01. The van der Waals surface area contributed by atoms with Gasteiger partial charge in [-0.05, 0) is 41.9 Å². The van der Waals surface area contributed by atoms with E-state index in [2.05, 4.69) is 0 Å². The van der Waals surface area contributed by atoms with Gasteiger partial charge in [-0.1, -0.05) is 95.9 Å². The quantitative estimate of drug-likeness (QED) is 0.257. The first-order valence-corrected chi connectivity index (χ1v) is 17.6. The predicted octanol–water partition coefficient (Wildman–Crippen LogP) is 4.32. The molecule has 0 N–H and O–H groups in total. The highest BCUT2D eigenvalue weighted by Gasteiger charge is 2.45. The highest BCUT2D eigenvalue weighted by atomic mass is 16.6. The summed E-state index contributed by atoms with van der Waals surface area (Å²) < 4.78 is 17.7. The number of esters is 3. The Morgan fingerprint density at radius 2 is 0.792 bits per heavy atom. The summed E-state index contributed by atoms with van der Waals surface area (Å²) in [4.78, 5) is 87.7. The third-order valence-corrected chi connectivity index (χ3v) is 9.44. The minimum atomic E-state index is -1.28. The van der Waals surface area contributed by atoms with Crippen molar-refractivity contribution < 1.29 is 43.0 Å². The molecule has 0 aromatic heterocycles. The van der Waals surface area contributed by atoms with Gasteiger partial charge in [-0.3, -0.25) is 14.4 Å².